The minimum Gasteiger partial charge on any atom is -1.00 e. The largest absolute Gasteiger partial charge is 1.00 e. The molecule has 0 aliphatic rings. The molecule has 0 spiro atoms. The van der Waals surface area contributed by atoms with Gasteiger partial charge in [0.05, 0.1) is 0 Å². The van der Waals surface area contributed by atoms with Gasteiger partial charge in [-0.05, 0) is 23.7 Å². The smallest absolute Gasteiger partial charge is 0.254 e. The Morgan fingerprint density at radius 3 is 1.38 bits per heavy atom. The lowest BCUT2D eigenvalue weighted by atomic mass is 9.92. The number of para-hydroxylation sites is 2. The minimum atomic E-state index is 0. The van der Waals surface area contributed by atoms with E-state index in [-0.39, 0.29) is 12.4 Å². The summed E-state index contributed by atoms with van der Waals surface area (Å²) in [7, 11) is 0. The van der Waals surface area contributed by atoms with Crippen LogP contribution < -0.4 is 17.0 Å². The van der Waals surface area contributed by atoms with Crippen molar-refractivity contribution in [3.05, 3.63) is 76.4 Å². The van der Waals surface area contributed by atoms with Crippen molar-refractivity contribution in [3.8, 4) is 11.4 Å². The molecule has 3 aromatic rings. The Kier molecular flexibility index (Phi) is 8.39. The van der Waals surface area contributed by atoms with E-state index >= 15 is 0 Å². The fourth-order valence-corrected chi connectivity index (χ4v) is 4.67. The fraction of sp³-hybridized carbons (Fsp3) is 0.483. The number of halogens is 1. The summed E-state index contributed by atoms with van der Waals surface area (Å²) in [6.07, 6.45) is 2.34. The Morgan fingerprint density at radius 1 is 0.625 bits per heavy atom. The Labute approximate surface area is 202 Å². The van der Waals surface area contributed by atoms with Crippen LogP contribution >= 0.6 is 0 Å². The molecule has 0 N–H and O–H groups in total. The SMILES string of the molecule is Cc1c(C)[n+](-c2c(C(C)C)cccc2C(C)C)cn1-c1c(C(C)C)cccc1C(C)C.[Cl-]. The monoisotopic (exact) mass is 452 g/mol. The lowest BCUT2D eigenvalue weighted by Gasteiger charge is -2.17. The molecule has 174 valence electrons. The van der Waals surface area contributed by atoms with Crippen LogP contribution in [0.5, 0.6) is 0 Å². The van der Waals surface area contributed by atoms with Gasteiger partial charge in [-0.2, -0.15) is 9.13 Å². The molecule has 2 aromatic carbocycles. The van der Waals surface area contributed by atoms with E-state index in [4.69, 9.17) is 0 Å². The van der Waals surface area contributed by atoms with Gasteiger partial charge in [0.25, 0.3) is 6.33 Å². The topological polar surface area (TPSA) is 8.81 Å². The number of nitrogens with zero attached hydrogens (tertiary/aromatic N) is 2. The first kappa shape index (κ1) is 26.2. The van der Waals surface area contributed by atoms with Gasteiger partial charge in [-0.15, -0.1) is 0 Å². The van der Waals surface area contributed by atoms with Crippen LogP contribution in [0.2, 0.25) is 0 Å². The van der Waals surface area contributed by atoms with E-state index in [1.807, 2.05) is 0 Å². The lowest BCUT2D eigenvalue weighted by Crippen LogP contribution is -3.00. The third-order valence-electron chi connectivity index (χ3n) is 6.64. The first-order valence-corrected chi connectivity index (χ1v) is 11.9. The van der Waals surface area contributed by atoms with E-state index in [0.29, 0.717) is 23.7 Å². The van der Waals surface area contributed by atoms with E-state index < -0.39 is 0 Å². The van der Waals surface area contributed by atoms with E-state index in [1.165, 1.54) is 45.0 Å². The zero-order valence-electron chi connectivity index (χ0n) is 21.6. The average Bonchev–Trinajstić information content (AvgIpc) is 3.00. The summed E-state index contributed by atoms with van der Waals surface area (Å²) in [4.78, 5) is 0. The van der Waals surface area contributed by atoms with E-state index in [9.17, 15) is 0 Å². The molecule has 0 fully saturated rings. The molecule has 0 radical (unpaired) electrons. The van der Waals surface area contributed by atoms with Gasteiger partial charge in [-0.1, -0.05) is 91.8 Å². The van der Waals surface area contributed by atoms with Gasteiger partial charge >= 0.3 is 0 Å². The molecule has 0 aliphatic carbocycles. The zero-order chi connectivity index (χ0) is 23.0. The van der Waals surface area contributed by atoms with Crippen LogP contribution in [0, 0.1) is 13.8 Å². The van der Waals surface area contributed by atoms with Crippen LogP contribution in [0.15, 0.2) is 42.7 Å². The second-order valence-electron chi connectivity index (χ2n) is 10.2. The van der Waals surface area contributed by atoms with Crippen LogP contribution in [-0.4, -0.2) is 4.57 Å². The molecular weight excluding hydrogens is 412 g/mol. The van der Waals surface area contributed by atoms with Crippen molar-refractivity contribution in [2.75, 3.05) is 0 Å². The summed E-state index contributed by atoms with van der Waals surface area (Å²) < 4.78 is 4.89. The summed E-state index contributed by atoms with van der Waals surface area (Å²) in [6, 6.07) is 13.6. The number of benzene rings is 2. The highest BCUT2D eigenvalue weighted by Crippen LogP contribution is 2.33. The second kappa shape index (κ2) is 10.3. The maximum atomic E-state index is 2.45. The zero-order valence-corrected chi connectivity index (χ0v) is 22.4. The van der Waals surface area contributed by atoms with Gasteiger partial charge in [-0.3, -0.25) is 0 Å². The molecule has 0 saturated carbocycles. The molecule has 0 amide bonds. The van der Waals surface area contributed by atoms with Crippen molar-refractivity contribution in [2.45, 2.75) is 92.9 Å². The fourth-order valence-electron chi connectivity index (χ4n) is 4.67. The van der Waals surface area contributed by atoms with Gasteiger partial charge < -0.3 is 12.4 Å². The summed E-state index contributed by atoms with van der Waals surface area (Å²) in [5.74, 6) is 1.88. The van der Waals surface area contributed by atoms with Crippen LogP contribution in [0.25, 0.3) is 11.4 Å². The molecule has 0 atom stereocenters. The van der Waals surface area contributed by atoms with Crippen LogP contribution in [-0.2, 0) is 0 Å². The molecular formula is C29H41ClN2. The normalized spacial score (nSPS) is 11.7. The van der Waals surface area contributed by atoms with Crippen LogP contribution in [0.4, 0.5) is 0 Å². The van der Waals surface area contributed by atoms with E-state index in [2.05, 4.69) is 121 Å². The molecule has 1 aromatic heterocycles. The molecule has 0 bridgehead atoms. The highest BCUT2D eigenvalue weighted by atomic mass is 35.5. The van der Waals surface area contributed by atoms with Crippen molar-refractivity contribution >= 4 is 0 Å². The number of imidazole rings is 1. The third kappa shape index (κ3) is 4.66. The Morgan fingerprint density at radius 2 is 1.00 bits per heavy atom. The predicted molar refractivity (Wildman–Crippen MR) is 133 cm³/mol. The predicted octanol–water partition coefficient (Wildman–Crippen LogP) is 4.87. The molecule has 3 rings (SSSR count). The molecule has 0 aliphatic heterocycles. The van der Waals surface area contributed by atoms with Gasteiger partial charge in [0, 0.05) is 36.1 Å². The molecule has 32 heavy (non-hydrogen) atoms. The number of hydrogen-bond donors (Lipinski definition) is 0. The maximum absolute atomic E-state index is 2.45. The molecule has 1 heterocycles. The molecule has 0 unspecified atom stereocenters. The van der Waals surface area contributed by atoms with E-state index in [0.717, 1.165) is 0 Å². The Bertz CT molecular complexity index is 935. The third-order valence-corrected chi connectivity index (χ3v) is 6.64. The van der Waals surface area contributed by atoms with Crippen LogP contribution in [0.3, 0.4) is 0 Å². The first-order valence-electron chi connectivity index (χ1n) is 11.9. The molecule has 2 nitrogen and oxygen atoms in total. The van der Waals surface area contributed by atoms with Crippen molar-refractivity contribution < 1.29 is 17.0 Å². The van der Waals surface area contributed by atoms with E-state index in [1.54, 1.807) is 0 Å². The Hall–Kier alpha value is -2.06. The average molecular weight is 453 g/mol. The first-order chi connectivity index (χ1) is 14.6. The standard InChI is InChI=1S/C29H41N2.ClH/c1-18(2)24-13-11-14-25(19(3)4)28(24)30-17-31(23(10)22(30)9)29-26(20(5)6)15-12-16-27(29)21(7)8;/h11-21H,1-10H3;1H/q+1;/p-1. The van der Waals surface area contributed by atoms with Crippen molar-refractivity contribution in [3.63, 3.8) is 0 Å². The van der Waals surface area contributed by atoms with Gasteiger partial charge in [0.15, 0.2) is 0 Å². The summed E-state index contributed by atoms with van der Waals surface area (Å²) >= 11 is 0. The van der Waals surface area contributed by atoms with Crippen molar-refractivity contribution in [1.82, 2.24) is 4.57 Å². The van der Waals surface area contributed by atoms with Crippen molar-refractivity contribution in [1.29, 1.82) is 0 Å². The number of aromatic nitrogens is 2. The highest BCUT2D eigenvalue weighted by Gasteiger charge is 2.28. The molecule has 3 heteroatoms. The second-order valence-corrected chi connectivity index (χ2v) is 10.2. The Balaban J connectivity index is 0.00000363. The minimum absolute atomic E-state index is 0. The number of hydrogen-bond acceptors (Lipinski definition) is 0. The summed E-state index contributed by atoms with van der Waals surface area (Å²) in [5, 5.41) is 0. The van der Waals surface area contributed by atoms with Crippen LogP contribution in [0.1, 0.15) is 113 Å². The van der Waals surface area contributed by atoms with Gasteiger partial charge in [0.2, 0.25) is 0 Å². The lowest BCUT2D eigenvalue weighted by molar-refractivity contribution is -0.602. The van der Waals surface area contributed by atoms with Gasteiger partial charge in [0.1, 0.15) is 22.8 Å². The quantitative estimate of drug-likeness (QED) is 0.472. The number of rotatable bonds is 6. The summed E-state index contributed by atoms with van der Waals surface area (Å²) in [5.41, 5.74) is 11.0. The van der Waals surface area contributed by atoms with Crippen molar-refractivity contribution in [2.24, 2.45) is 0 Å². The highest BCUT2D eigenvalue weighted by molar-refractivity contribution is 5.52. The maximum Gasteiger partial charge on any atom is 0.254 e. The summed E-state index contributed by atoms with van der Waals surface area (Å²) in [6.45, 7) is 22.9. The molecule has 0 saturated heterocycles. The van der Waals surface area contributed by atoms with Gasteiger partial charge in [-0.25, -0.2) is 0 Å².